The van der Waals surface area contributed by atoms with Gasteiger partial charge in [-0.05, 0) is 29.3 Å². The zero-order chi connectivity index (χ0) is 27.8. The lowest BCUT2D eigenvalue weighted by molar-refractivity contribution is -0.139. The van der Waals surface area contributed by atoms with Gasteiger partial charge in [0.2, 0.25) is 5.91 Å². The number of piperazine rings is 1. The summed E-state index contributed by atoms with van der Waals surface area (Å²) < 4.78 is 10.3. The Balaban J connectivity index is 1.30. The molecule has 0 aliphatic carbocycles. The predicted molar refractivity (Wildman–Crippen MR) is 150 cm³/mol. The molecule has 9 heteroatoms. The van der Waals surface area contributed by atoms with E-state index in [0.717, 1.165) is 0 Å². The average molecular weight is 550 g/mol. The van der Waals surface area contributed by atoms with Gasteiger partial charge in [0.25, 0.3) is 5.91 Å². The SMILES string of the molecule is COC(=O)c1cc(Cl)ccc1N(C)C(=O)COCC(=O)N1CCN(C(c2ccccc2)c2ccccc2)CC1. The van der Waals surface area contributed by atoms with Crippen LogP contribution in [-0.2, 0) is 19.1 Å². The van der Waals surface area contributed by atoms with Crippen LogP contribution in [0, 0.1) is 0 Å². The highest BCUT2D eigenvalue weighted by molar-refractivity contribution is 6.31. The number of hydrogen-bond donors (Lipinski definition) is 0. The van der Waals surface area contributed by atoms with Gasteiger partial charge in [0.15, 0.2) is 0 Å². The summed E-state index contributed by atoms with van der Waals surface area (Å²) in [7, 11) is 2.78. The fraction of sp³-hybridized carbons (Fsp3) is 0.300. The van der Waals surface area contributed by atoms with Crippen molar-refractivity contribution in [1.29, 1.82) is 0 Å². The predicted octanol–water partition coefficient (Wildman–Crippen LogP) is 4.04. The van der Waals surface area contributed by atoms with E-state index in [2.05, 4.69) is 29.2 Å². The average Bonchev–Trinajstić information content (AvgIpc) is 2.98. The molecule has 8 nitrogen and oxygen atoms in total. The number of benzene rings is 3. The number of amides is 2. The molecule has 1 fully saturated rings. The number of anilines is 1. The highest BCUT2D eigenvalue weighted by atomic mass is 35.5. The zero-order valence-corrected chi connectivity index (χ0v) is 22.8. The van der Waals surface area contributed by atoms with Crippen molar-refractivity contribution in [3.63, 3.8) is 0 Å². The molecule has 1 heterocycles. The number of carbonyl (C=O) groups is 3. The number of rotatable bonds is 9. The lowest BCUT2D eigenvalue weighted by Gasteiger charge is -2.39. The molecule has 204 valence electrons. The van der Waals surface area contributed by atoms with Gasteiger partial charge in [-0.15, -0.1) is 0 Å². The Morgan fingerprint density at radius 2 is 1.46 bits per heavy atom. The topological polar surface area (TPSA) is 79.4 Å². The number of hydrogen-bond acceptors (Lipinski definition) is 6. The van der Waals surface area contributed by atoms with Gasteiger partial charge >= 0.3 is 5.97 Å². The Hall–Kier alpha value is -3.72. The van der Waals surface area contributed by atoms with Crippen LogP contribution in [0.25, 0.3) is 0 Å². The van der Waals surface area contributed by atoms with Crippen LogP contribution in [0.1, 0.15) is 27.5 Å². The van der Waals surface area contributed by atoms with Gasteiger partial charge in [-0.3, -0.25) is 14.5 Å². The number of ether oxygens (including phenoxy) is 2. The Kier molecular flexibility index (Phi) is 9.70. The number of nitrogens with zero attached hydrogens (tertiary/aromatic N) is 3. The fourth-order valence-electron chi connectivity index (χ4n) is 4.74. The monoisotopic (exact) mass is 549 g/mol. The molecule has 3 aromatic carbocycles. The third-order valence-corrected chi connectivity index (χ3v) is 7.05. The first-order valence-electron chi connectivity index (χ1n) is 12.7. The van der Waals surface area contributed by atoms with Gasteiger partial charge in [0.05, 0.1) is 24.4 Å². The second-order valence-electron chi connectivity index (χ2n) is 9.24. The quantitative estimate of drug-likeness (QED) is 0.375. The first-order valence-corrected chi connectivity index (χ1v) is 13.1. The molecule has 2 amide bonds. The number of methoxy groups -OCH3 is 1. The van der Waals surface area contributed by atoms with Crippen molar-refractivity contribution in [2.24, 2.45) is 0 Å². The number of carbonyl (C=O) groups excluding carboxylic acids is 3. The van der Waals surface area contributed by atoms with Crippen LogP contribution in [0.5, 0.6) is 0 Å². The van der Waals surface area contributed by atoms with Gasteiger partial charge < -0.3 is 19.3 Å². The van der Waals surface area contributed by atoms with Crippen molar-refractivity contribution in [3.05, 3.63) is 101 Å². The lowest BCUT2D eigenvalue weighted by atomic mass is 9.96. The molecule has 4 rings (SSSR count). The molecule has 0 spiro atoms. The van der Waals surface area contributed by atoms with Gasteiger partial charge in [-0.1, -0.05) is 72.3 Å². The van der Waals surface area contributed by atoms with Crippen LogP contribution in [0.4, 0.5) is 5.69 Å². The summed E-state index contributed by atoms with van der Waals surface area (Å²) in [5.74, 6) is -1.18. The number of esters is 1. The second kappa shape index (κ2) is 13.4. The summed E-state index contributed by atoms with van der Waals surface area (Å²) in [6, 6.07) is 25.4. The van der Waals surface area contributed by atoms with Crippen molar-refractivity contribution in [1.82, 2.24) is 9.80 Å². The van der Waals surface area contributed by atoms with E-state index in [1.165, 1.54) is 36.3 Å². The summed E-state index contributed by atoms with van der Waals surface area (Å²) >= 11 is 6.00. The van der Waals surface area contributed by atoms with Gasteiger partial charge in [0, 0.05) is 38.2 Å². The van der Waals surface area contributed by atoms with Crippen molar-refractivity contribution in [2.75, 3.05) is 58.5 Å². The summed E-state index contributed by atoms with van der Waals surface area (Å²) in [6.07, 6.45) is 0. The molecule has 39 heavy (non-hydrogen) atoms. The lowest BCUT2D eigenvalue weighted by Crippen LogP contribution is -2.50. The molecule has 0 bridgehead atoms. The zero-order valence-electron chi connectivity index (χ0n) is 22.1. The van der Waals surface area contributed by atoms with Crippen LogP contribution in [0.15, 0.2) is 78.9 Å². The van der Waals surface area contributed by atoms with E-state index in [1.54, 1.807) is 17.0 Å². The van der Waals surface area contributed by atoms with E-state index in [1.807, 2.05) is 36.4 Å². The summed E-state index contributed by atoms with van der Waals surface area (Å²) in [5, 5.41) is 0.348. The molecule has 1 saturated heterocycles. The molecular weight excluding hydrogens is 518 g/mol. The van der Waals surface area contributed by atoms with Gasteiger partial charge in [0.1, 0.15) is 13.2 Å². The molecule has 0 radical (unpaired) electrons. The minimum absolute atomic E-state index is 0.108. The molecular formula is C30H32ClN3O5. The van der Waals surface area contributed by atoms with Crippen molar-refractivity contribution < 1.29 is 23.9 Å². The van der Waals surface area contributed by atoms with E-state index < -0.39 is 11.9 Å². The molecule has 3 aromatic rings. The van der Waals surface area contributed by atoms with Gasteiger partial charge in [-0.2, -0.15) is 0 Å². The Morgan fingerprint density at radius 1 is 0.872 bits per heavy atom. The molecule has 0 saturated carbocycles. The molecule has 0 N–H and O–H groups in total. The summed E-state index contributed by atoms with van der Waals surface area (Å²) in [4.78, 5) is 43.1. The minimum Gasteiger partial charge on any atom is -0.465 e. The maximum atomic E-state index is 12.8. The minimum atomic E-state index is -0.607. The first-order chi connectivity index (χ1) is 18.9. The fourth-order valence-corrected chi connectivity index (χ4v) is 4.91. The van der Waals surface area contributed by atoms with E-state index >= 15 is 0 Å². The largest absolute Gasteiger partial charge is 0.465 e. The standard InChI is InChI=1S/C30H32ClN3O5/c1-32(26-14-13-24(31)19-25(26)30(37)38-2)27(35)20-39-21-28(36)33-15-17-34(18-16-33)29(22-9-5-3-6-10-22)23-11-7-4-8-12-23/h3-14,19,29H,15-18,20-21H2,1-2H3. The highest BCUT2D eigenvalue weighted by Crippen LogP contribution is 2.29. The maximum Gasteiger partial charge on any atom is 0.340 e. The maximum absolute atomic E-state index is 12.8. The molecule has 0 aromatic heterocycles. The molecule has 0 unspecified atom stereocenters. The van der Waals surface area contributed by atoms with E-state index in [0.29, 0.717) is 36.9 Å². The smallest absolute Gasteiger partial charge is 0.340 e. The van der Waals surface area contributed by atoms with Crippen LogP contribution in [0.3, 0.4) is 0 Å². The molecule has 0 atom stereocenters. The summed E-state index contributed by atoms with van der Waals surface area (Å²) in [6.45, 7) is 2.06. The molecule has 1 aliphatic rings. The van der Waals surface area contributed by atoms with E-state index in [-0.39, 0.29) is 30.7 Å². The van der Waals surface area contributed by atoms with Crippen LogP contribution >= 0.6 is 11.6 Å². The Morgan fingerprint density at radius 3 is 2.03 bits per heavy atom. The van der Waals surface area contributed by atoms with Crippen molar-refractivity contribution in [3.8, 4) is 0 Å². The molecule has 1 aliphatic heterocycles. The van der Waals surface area contributed by atoms with E-state index in [4.69, 9.17) is 21.1 Å². The van der Waals surface area contributed by atoms with Crippen molar-refractivity contribution >= 4 is 35.1 Å². The number of halogens is 1. The first kappa shape index (κ1) is 28.3. The highest BCUT2D eigenvalue weighted by Gasteiger charge is 2.28. The third-order valence-electron chi connectivity index (χ3n) is 6.81. The van der Waals surface area contributed by atoms with E-state index in [9.17, 15) is 14.4 Å². The second-order valence-corrected chi connectivity index (χ2v) is 9.68. The summed E-state index contributed by atoms with van der Waals surface area (Å²) in [5.41, 5.74) is 2.93. The number of likely N-dealkylation sites (N-methyl/N-ethyl adjacent to an activating group) is 1. The van der Waals surface area contributed by atoms with Crippen LogP contribution in [0.2, 0.25) is 5.02 Å². The normalized spacial score (nSPS) is 13.8. The third kappa shape index (κ3) is 7.03. The van der Waals surface area contributed by atoms with Gasteiger partial charge in [-0.25, -0.2) is 4.79 Å². The Bertz CT molecular complexity index is 1240. The Labute approximate surface area is 233 Å². The van der Waals surface area contributed by atoms with Crippen molar-refractivity contribution in [2.45, 2.75) is 6.04 Å². The van der Waals surface area contributed by atoms with Crippen LogP contribution < -0.4 is 4.90 Å². The van der Waals surface area contributed by atoms with Crippen LogP contribution in [-0.4, -0.2) is 81.1 Å².